The number of hydrogen-bond acceptors (Lipinski definition) is 2. The van der Waals surface area contributed by atoms with Crippen LogP contribution in [-0.4, -0.2) is 19.1 Å². The van der Waals surface area contributed by atoms with Crippen molar-refractivity contribution < 1.29 is 0 Å². The van der Waals surface area contributed by atoms with Crippen LogP contribution in [0.4, 0.5) is 0 Å². The van der Waals surface area contributed by atoms with Crippen LogP contribution in [0.3, 0.4) is 0 Å². The smallest absolute Gasteiger partial charge is 0.0350 e. The molecule has 2 nitrogen and oxygen atoms in total. The minimum Gasteiger partial charge on any atom is -0.317 e. The third kappa shape index (κ3) is 4.32. The Bertz CT molecular complexity index is 351. The molecule has 2 heteroatoms. The van der Waals surface area contributed by atoms with Gasteiger partial charge in [-0.25, -0.2) is 0 Å². The molecule has 0 bridgehead atoms. The number of nitrogens with one attached hydrogen (secondary N) is 2. The van der Waals surface area contributed by atoms with Crippen LogP contribution in [0, 0.1) is 5.92 Å². The second-order valence-electron chi connectivity index (χ2n) is 6.01. The van der Waals surface area contributed by atoms with E-state index in [0.29, 0.717) is 12.1 Å². The van der Waals surface area contributed by atoms with Crippen LogP contribution in [0.2, 0.25) is 0 Å². The molecule has 1 saturated heterocycles. The molecule has 2 unspecified atom stereocenters. The molecule has 1 aromatic rings. The largest absolute Gasteiger partial charge is 0.317 e. The van der Waals surface area contributed by atoms with Crippen molar-refractivity contribution in [2.24, 2.45) is 5.92 Å². The van der Waals surface area contributed by atoms with Crippen molar-refractivity contribution in [2.75, 3.05) is 13.1 Å². The zero-order chi connectivity index (χ0) is 14.2. The highest BCUT2D eigenvalue weighted by Crippen LogP contribution is 2.28. The minimum absolute atomic E-state index is 0.509. The lowest BCUT2D eigenvalue weighted by molar-refractivity contribution is 0.297. The van der Waals surface area contributed by atoms with Crippen LogP contribution in [0.25, 0.3) is 0 Å². The number of hydrogen-bond donors (Lipinski definition) is 2. The zero-order valence-electron chi connectivity index (χ0n) is 13.1. The molecule has 0 spiro atoms. The first-order valence-electron chi connectivity index (χ1n) is 8.36. The van der Waals surface area contributed by atoms with Crippen LogP contribution in [-0.2, 0) is 0 Å². The number of rotatable bonds is 6. The van der Waals surface area contributed by atoms with Gasteiger partial charge in [0.2, 0.25) is 0 Å². The molecule has 1 aromatic carbocycles. The lowest BCUT2D eigenvalue weighted by Gasteiger charge is -2.31. The highest BCUT2D eigenvalue weighted by atomic mass is 15.0. The van der Waals surface area contributed by atoms with Crippen molar-refractivity contribution in [3.8, 4) is 0 Å². The van der Waals surface area contributed by atoms with E-state index in [-0.39, 0.29) is 0 Å². The van der Waals surface area contributed by atoms with Gasteiger partial charge in [-0.3, -0.25) is 0 Å². The number of benzene rings is 1. The topological polar surface area (TPSA) is 24.1 Å². The van der Waals surface area contributed by atoms with Gasteiger partial charge in [0.05, 0.1) is 0 Å². The van der Waals surface area contributed by atoms with Crippen molar-refractivity contribution in [2.45, 2.75) is 58.0 Å². The molecule has 2 atom stereocenters. The molecular formula is C18H30N2. The molecule has 1 fully saturated rings. The van der Waals surface area contributed by atoms with Gasteiger partial charge in [-0.15, -0.1) is 0 Å². The first-order chi connectivity index (χ1) is 9.85. The molecule has 0 radical (unpaired) electrons. The fourth-order valence-electron chi connectivity index (χ4n) is 3.36. The molecule has 20 heavy (non-hydrogen) atoms. The van der Waals surface area contributed by atoms with Gasteiger partial charge >= 0.3 is 0 Å². The normalized spacial score (nSPS) is 21.6. The minimum atomic E-state index is 0.509. The van der Waals surface area contributed by atoms with Crippen molar-refractivity contribution in [3.05, 3.63) is 35.9 Å². The van der Waals surface area contributed by atoms with E-state index in [1.54, 1.807) is 0 Å². The Labute approximate surface area is 124 Å². The van der Waals surface area contributed by atoms with Crippen molar-refractivity contribution in [1.29, 1.82) is 0 Å². The Hall–Kier alpha value is -0.860. The van der Waals surface area contributed by atoms with E-state index < -0.39 is 0 Å². The van der Waals surface area contributed by atoms with E-state index in [0.717, 1.165) is 12.5 Å². The summed E-state index contributed by atoms with van der Waals surface area (Å²) in [6.45, 7) is 6.97. The third-order valence-corrected chi connectivity index (χ3v) is 4.67. The monoisotopic (exact) mass is 274 g/mol. The van der Waals surface area contributed by atoms with E-state index >= 15 is 0 Å². The van der Waals surface area contributed by atoms with Gasteiger partial charge in [-0.2, -0.15) is 0 Å². The quantitative estimate of drug-likeness (QED) is 0.822. The van der Waals surface area contributed by atoms with Gasteiger partial charge in [-0.1, -0.05) is 57.0 Å². The van der Waals surface area contributed by atoms with E-state index in [1.807, 2.05) is 0 Å². The molecule has 0 aliphatic carbocycles. The maximum absolute atomic E-state index is 3.97. The van der Waals surface area contributed by atoms with Crippen LogP contribution < -0.4 is 10.6 Å². The van der Waals surface area contributed by atoms with Gasteiger partial charge in [0.25, 0.3) is 0 Å². The standard InChI is InChI=1S/C18H30N2/c1-3-15(4-2)18(16-9-6-5-7-10-16)20-17-11-8-13-19-14-12-17/h5-7,9-10,15,17-20H,3-4,8,11-14H2,1-2H3. The Morgan fingerprint density at radius 1 is 1.10 bits per heavy atom. The van der Waals surface area contributed by atoms with E-state index in [9.17, 15) is 0 Å². The Morgan fingerprint density at radius 3 is 2.55 bits per heavy atom. The van der Waals surface area contributed by atoms with Gasteiger partial charge in [0.15, 0.2) is 0 Å². The summed E-state index contributed by atoms with van der Waals surface area (Å²) in [6, 6.07) is 12.2. The fourth-order valence-corrected chi connectivity index (χ4v) is 3.36. The summed E-state index contributed by atoms with van der Waals surface area (Å²) in [6.07, 6.45) is 6.34. The van der Waals surface area contributed by atoms with Crippen LogP contribution in [0.1, 0.15) is 57.6 Å². The second kappa shape index (κ2) is 8.43. The molecule has 1 aliphatic heterocycles. The first-order valence-corrected chi connectivity index (χ1v) is 8.36. The molecule has 2 N–H and O–H groups in total. The summed E-state index contributed by atoms with van der Waals surface area (Å²) in [7, 11) is 0. The average molecular weight is 274 g/mol. The molecule has 0 aromatic heterocycles. The molecule has 1 heterocycles. The Kier molecular flexibility index (Phi) is 6.55. The predicted octanol–water partition coefficient (Wildman–Crippen LogP) is 3.90. The van der Waals surface area contributed by atoms with E-state index in [4.69, 9.17) is 0 Å². The summed E-state index contributed by atoms with van der Waals surface area (Å²) < 4.78 is 0. The maximum atomic E-state index is 3.97. The first kappa shape index (κ1) is 15.5. The van der Waals surface area contributed by atoms with Gasteiger partial charge < -0.3 is 10.6 Å². The summed E-state index contributed by atoms with van der Waals surface area (Å²) in [5.74, 6) is 0.730. The zero-order valence-corrected chi connectivity index (χ0v) is 13.1. The second-order valence-corrected chi connectivity index (χ2v) is 6.01. The molecule has 1 aliphatic rings. The predicted molar refractivity (Wildman–Crippen MR) is 86.9 cm³/mol. The Morgan fingerprint density at radius 2 is 1.85 bits per heavy atom. The fraction of sp³-hybridized carbons (Fsp3) is 0.667. The van der Waals surface area contributed by atoms with Gasteiger partial charge in [0.1, 0.15) is 0 Å². The molecule has 2 rings (SSSR count). The third-order valence-electron chi connectivity index (χ3n) is 4.67. The van der Waals surface area contributed by atoms with Crippen molar-refractivity contribution >= 4 is 0 Å². The van der Waals surface area contributed by atoms with E-state index in [2.05, 4.69) is 54.8 Å². The van der Waals surface area contributed by atoms with Gasteiger partial charge in [0, 0.05) is 12.1 Å². The van der Waals surface area contributed by atoms with Crippen LogP contribution in [0.15, 0.2) is 30.3 Å². The Balaban J connectivity index is 2.09. The maximum Gasteiger partial charge on any atom is 0.0350 e. The highest BCUT2D eigenvalue weighted by molar-refractivity contribution is 5.20. The lowest BCUT2D eigenvalue weighted by Crippen LogP contribution is -2.37. The summed E-state index contributed by atoms with van der Waals surface area (Å²) in [5, 5.41) is 7.48. The summed E-state index contributed by atoms with van der Waals surface area (Å²) in [4.78, 5) is 0. The SMILES string of the molecule is CCC(CC)C(NC1CCCNCC1)c1ccccc1. The van der Waals surface area contributed by atoms with E-state index in [1.165, 1.54) is 44.2 Å². The van der Waals surface area contributed by atoms with Crippen molar-refractivity contribution in [1.82, 2.24) is 10.6 Å². The lowest BCUT2D eigenvalue weighted by atomic mass is 9.87. The van der Waals surface area contributed by atoms with Gasteiger partial charge in [-0.05, 0) is 43.8 Å². The molecule has 112 valence electrons. The molecular weight excluding hydrogens is 244 g/mol. The van der Waals surface area contributed by atoms with Crippen molar-refractivity contribution in [3.63, 3.8) is 0 Å². The summed E-state index contributed by atoms with van der Waals surface area (Å²) in [5.41, 5.74) is 1.46. The molecule has 0 amide bonds. The average Bonchev–Trinajstić information content (AvgIpc) is 2.77. The van der Waals surface area contributed by atoms with Crippen LogP contribution >= 0.6 is 0 Å². The van der Waals surface area contributed by atoms with Crippen LogP contribution in [0.5, 0.6) is 0 Å². The highest BCUT2D eigenvalue weighted by Gasteiger charge is 2.23. The molecule has 0 saturated carbocycles. The summed E-state index contributed by atoms with van der Waals surface area (Å²) >= 11 is 0.